The van der Waals surface area contributed by atoms with Gasteiger partial charge in [0.05, 0.1) is 17.1 Å². The number of ether oxygens (including phenoxy) is 1. The van der Waals surface area contributed by atoms with Crippen molar-refractivity contribution in [3.05, 3.63) is 75.9 Å². The van der Waals surface area contributed by atoms with Crippen molar-refractivity contribution in [2.75, 3.05) is 6.61 Å². The molecule has 0 aliphatic carbocycles. The van der Waals surface area contributed by atoms with E-state index in [1.54, 1.807) is 30.3 Å². The molecule has 1 unspecified atom stereocenters. The molecule has 6 heteroatoms. The number of aromatic nitrogens is 1. The first-order chi connectivity index (χ1) is 13.3. The van der Waals surface area contributed by atoms with Crippen molar-refractivity contribution in [2.45, 2.75) is 26.8 Å². The summed E-state index contributed by atoms with van der Waals surface area (Å²) in [5.74, 6) is -0.917. The molecular weight excluding hydrogens is 376 g/mol. The highest BCUT2D eigenvalue weighted by Gasteiger charge is 2.14. The Kier molecular flexibility index (Phi) is 5.95. The van der Waals surface area contributed by atoms with Crippen molar-refractivity contribution in [1.82, 2.24) is 10.3 Å². The summed E-state index contributed by atoms with van der Waals surface area (Å²) in [7, 11) is 0. The summed E-state index contributed by atoms with van der Waals surface area (Å²) in [6.45, 7) is 5.62. The molecule has 144 valence electrons. The molecule has 1 N–H and O–H groups in total. The maximum atomic E-state index is 12.2. The minimum Gasteiger partial charge on any atom is -0.452 e. The van der Waals surface area contributed by atoms with Crippen molar-refractivity contribution in [3.8, 4) is 0 Å². The number of benzene rings is 2. The normalized spacial score (nSPS) is 11.9. The Morgan fingerprint density at radius 2 is 1.86 bits per heavy atom. The Morgan fingerprint density at radius 1 is 1.07 bits per heavy atom. The molecule has 0 aliphatic heterocycles. The molecule has 1 aromatic heterocycles. The highest BCUT2D eigenvalue weighted by molar-refractivity contribution is 6.29. The highest BCUT2D eigenvalue weighted by Crippen LogP contribution is 2.18. The average molecular weight is 397 g/mol. The number of fused-ring (bicyclic) bond motifs is 1. The minimum absolute atomic E-state index is 0.179. The van der Waals surface area contributed by atoms with Crippen LogP contribution in [0.15, 0.2) is 48.5 Å². The maximum Gasteiger partial charge on any atom is 0.338 e. The fourth-order valence-corrected chi connectivity index (χ4v) is 3.00. The number of nitrogens with zero attached hydrogens (tertiary/aromatic N) is 1. The van der Waals surface area contributed by atoms with Crippen molar-refractivity contribution >= 4 is 34.4 Å². The van der Waals surface area contributed by atoms with Crippen LogP contribution in [0.1, 0.15) is 40.0 Å². The molecule has 0 aliphatic rings. The number of hydrogen-bond acceptors (Lipinski definition) is 4. The van der Waals surface area contributed by atoms with Crippen molar-refractivity contribution < 1.29 is 14.3 Å². The fourth-order valence-electron chi connectivity index (χ4n) is 2.84. The SMILES string of the molecule is Cc1ccc(C(C)NC(=O)COC(=O)c2ccc3nc(Cl)ccc3c2)cc1C. The van der Waals surface area contributed by atoms with E-state index in [0.717, 1.165) is 16.5 Å². The largest absolute Gasteiger partial charge is 0.452 e. The average Bonchev–Trinajstić information content (AvgIpc) is 2.67. The maximum absolute atomic E-state index is 12.2. The van der Waals surface area contributed by atoms with Gasteiger partial charge in [0.1, 0.15) is 5.15 Å². The number of carbonyl (C=O) groups is 2. The lowest BCUT2D eigenvalue weighted by atomic mass is 10.0. The third-order valence-corrected chi connectivity index (χ3v) is 4.84. The van der Waals surface area contributed by atoms with Crippen LogP contribution < -0.4 is 5.32 Å². The molecule has 5 nitrogen and oxygen atoms in total. The van der Waals surface area contributed by atoms with E-state index in [2.05, 4.69) is 10.3 Å². The van der Waals surface area contributed by atoms with Gasteiger partial charge < -0.3 is 10.1 Å². The van der Waals surface area contributed by atoms with Gasteiger partial charge in [-0.2, -0.15) is 0 Å². The molecule has 0 spiro atoms. The number of rotatable bonds is 5. The third kappa shape index (κ3) is 4.67. The molecular formula is C22H21ClN2O3. The van der Waals surface area contributed by atoms with Gasteiger partial charge in [-0.15, -0.1) is 0 Å². The van der Waals surface area contributed by atoms with Crippen LogP contribution in [-0.4, -0.2) is 23.5 Å². The van der Waals surface area contributed by atoms with Crippen LogP contribution in [0.3, 0.4) is 0 Å². The molecule has 3 rings (SSSR count). The van der Waals surface area contributed by atoms with Crippen LogP contribution in [0.25, 0.3) is 10.9 Å². The number of esters is 1. The molecule has 0 radical (unpaired) electrons. The second-order valence-corrected chi connectivity index (χ2v) is 7.14. The second-order valence-electron chi connectivity index (χ2n) is 6.75. The van der Waals surface area contributed by atoms with Gasteiger partial charge in [-0.1, -0.05) is 29.8 Å². The summed E-state index contributed by atoms with van der Waals surface area (Å²) in [5, 5.41) is 4.00. The Balaban J connectivity index is 1.58. The van der Waals surface area contributed by atoms with E-state index in [1.807, 2.05) is 39.0 Å². The Hall–Kier alpha value is -2.92. The quantitative estimate of drug-likeness (QED) is 0.507. The topological polar surface area (TPSA) is 68.3 Å². The zero-order valence-electron chi connectivity index (χ0n) is 16.0. The molecule has 1 atom stereocenters. The van der Waals surface area contributed by atoms with Crippen LogP contribution >= 0.6 is 11.6 Å². The van der Waals surface area contributed by atoms with Gasteiger partial charge >= 0.3 is 5.97 Å². The second kappa shape index (κ2) is 8.40. The lowest BCUT2D eigenvalue weighted by Crippen LogP contribution is -2.31. The fraction of sp³-hybridized carbons (Fsp3) is 0.227. The molecule has 0 fully saturated rings. The summed E-state index contributed by atoms with van der Waals surface area (Å²) in [6.07, 6.45) is 0. The zero-order chi connectivity index (χ0) is 20.3. The van der Waals surface area contributed by atoms with E-state index >= 15 is 0 Å². The predicted molar refractivity (Wildman–Crippen MR) is 110 cm³/mol. The first kappa shape index (κ1) is 19.8. The van der Waals surface area contributed by atoms with E-state index in [0.29, 0.717) is 16.2 Å². The van der Waals surface area contributed by atoms with Gasteiger partial charge in [0.2, 0.25) is 0 Å². The van der Waals surface area contributed by atoms with Crippen LogP contribution in [0.4, 0.5) is 0 Å². The van der Waals surface area contributed by atoms with Crippen LogP contribution in [0.2, 0.25) is 5.15 Å². The molecule has 0 saturated heterocycles. The number of carbonyl (C=O) groups excluding carboxylic acids is 2. The third-order valence-electron chi connectivity index (χ3n) is 4.63. The molecule has 1 heterocycles. The Labute approximate surface area is 168 Å². The van der Waals surface area contributed by atoms with Gasteiger partial charge in [0.15, 0.2) is 6.61 Å². The number of aryl methyl sites for hydroxylation is 2. The van der Waals surface area contributed by atoms with Crippen molar-refractivity contribution in [1.29, 1.82) is 0 Å². The van der Waals surface area contributed by atoms with Crippen LogP contribution in [-0.2, 0) is 9.53 Å². The number of pyridine rings is 1. The first-order valence-electron chi connectivity index (χ1n) is 8.93. The van der Waals surface area contributed by atoms with Gasteiger partial charge in [0.25, 0.3) is 5.91 Å². The van der Waals surface area contributed by atoms with E-state index in [1.165, 1.54) is 5.56 Å². The van der Waals surface area contributed by atoms with Crippen LogP contribution in [0, 0.1) is 13.8 Å². The summed E-state index contributed by atoms with van der Waals surface area (Å²) < 4.78 is 5.14. The summed E-state index contributed by atoms with van der Waals surface area (Å²) >= 11 is 5.86. The number of amides is 1. The van der Waals surface area contributed by atoms with Gasteiger partial charge in [-0.25, -0.2) is 9.78 Å². The molecule has 1 amide bonds. The molecule has 28 heavy (non-hydrogen) atoms. The predicted octanol–water partition coefficient (Wildman–Crippen LogP) is 4.54. The smallest absolute Gasteiger partial charge is 0.338 e. The monoisotopic (exact) mass is 396 g/mol. The lowest BCUT2D eigenvalue weighted by molar-refractivity contribution is -0.124. The van der Waals surface area contributed by atoms with E-state index in [-0.39, 0.29) is 18.6 Å². The minimum atomic E-state index is -0.564. The Bertz CT molecular complexity index is 1050. The Morgan fingerprint density at radius 3 is 2.61 bits per heavy atom. The summed E-state index contributed by atoms with van der Waals surface area (Å²) in [5.41, 5.74) is 4.40. The lowest BCUT2D eigenvalue weighted by Gasteiger charge is -2.16. The molecule has 2 aromatic carbocycles. The van der Waals surface area contributed by atoms with Crippen molar-refractivity contribution in [3.63, 3.8) is 0 Å². The van der Waals surface area contributed by atoms with E-state index in [4.69, 9.17) is 16.3 Å². The molecule has 0 bridgehead atoms. The molecule has 0 saturated carbocycles. The van der Waals surface area contributed by atoms with Gasteiger partial charge in [-0.05, 0) is 67.8 Å². The van der Waals surface area contributed by atoms with Crippen molar-refractivity contribution in [2.24, 2.45) is 0 Å². The first-order valence-corrected chi connectivity index (χ1v) is 9.31. The summed E-state index contributed by atoms with van der Waals surface area (Å²) in [4.78, 5) is 28.6. The molecule has 3 aromatic rings. The van der Waals surface area contributed by atoms with Crippen LogP contribution in [0.5, 0.6) is 0 Å². The van der Waals surface area contributed by atoms with Gasteiger partial charge in [-0.3, -0.25) is 4.79 Å². The number of halogens is 1. The van der Waals surface area contributed by atoms with E-state index in [9.17, 15) is 9.59 Å². The van der Waals surface area contributed by atoms with Gasteiger partial charge in [0, 0.05) is 5.39 Å². The standard InChI is InChI=1S/C22H21ClN2O3/c1-13-4-5-16(10-14(13)2)15(3)24-21(26)12-28-22(27)18-6-8-19-17(11-18)7-9-20(23)25-19/h4-11,15H,12H2,1-3H3,(H,24,26). The summed E-state index contributed by atoms with van der Waals surface area (Å²) in [6, 6.07) is 14.3. The number of hydrogen-bond donors (Lipinski definition) is 1. The number of nitrogens with one attached hydrogen (secondary N) is 1. The zero-order valence-corrected chi connectivity index (χ0v) is 16.7. The highest BCUT2D eigenvalue weighted by atomic mass is 35.5. The van der Waals surface area contributed by atoms with E-state index < -0.39 is 5.97 Å².